The lowest BCUT2D eigenvalue weighted by atomic mass is 10.0. The molecule has 0 bridgehead atoms. The molecule has 1 fully saturated rings. The van der Waals surface area contributed by atoms with Crippen molar-refractivity contribution in [1.29, 1.82) is 0 Å². The topological polar surface area (TPSA) is 117 Å². The van der Waals surface area contributed by atoms with E-state index in [4.69, 9.17) is 15.6 Å². The van der Waals surface area contributed by atoms with Crippen LogP contribution in [0, 0.1) is 0 Å². The van der Waals surface area contributed by atoms with Gasteiger partial charge in [-0.05, 0) is 80.2 Å². The summed E-state index contributed by atoms with van der Waals surface area (Å²) in [6.45, 7) is 5.60. The van der Waals surface area contributed by atoms with Gasteiger partial charge in [-0.2, -0.15) is 0 Å². The molecule has 214 valence electrons. The number of rotatable bonds is 12. The third kappa shape index (κ3) is 9.52. The molecule has 8 nitrogen and oxygen atoms in total. The summed E-state index contributed by atoms with van der Waals surface area (Å²) in [7, 11) is 0. The fourth-order valence-electron chi connectivity index (χ4n) is 4.49. The van der Waals surface area contributed by atoms with Crippen LogP contribution in [-0.2, 0) is 20.7 Å². The minimum absolute atomic E-state index is 0.160. The lowest BCUT2D eigenvalue weighted by Gasteiger charge is -2.22. The standard InChI is InChI=1S/C19H25N3.C13H17NO4/c1-3-5-11-19(21-16-9-7-6-8-10-16)22-18-13-12-15(4-2)14-17(18)20;15-9-14-7-1-2-11(14)8-18-12-5-3-10(4-6-12)13(16)17/h6-14,21-22H,3-5,20H2,1-2H3;3,5,9,11H,1-2,4,6-8H2,(H,16,17). The Morgan fingerprint density at radius 3 is 2.55 bits per heavy atom. The number of allylic oxidation sites excluding steroid dienone is 4. The molecule has 0 spiro atoms. The van der Waals surface area contributed by atoms with E-state index in [0.717, 1.165) is 73.7 Å². The number of ether oxygens (including phenoxy) is 1. The van der Waals surface area contributed by atoms with E-state index >= 15 is 0 Å². The van der Waals surface area contributed by atoms with Crippen LogP contribution in [0.3, 0.4) is 0 Å². The number of hydrogen-bond donors (Lipinski definition) is 4. The van der Waals surface area contributed by atoms with Gasteiger partial charge in [0.05, 0.1) is 23.2 Å². The molecular formula is C32H42N4O4. The van der Waals surface area contributed by atoms with Gasteiger partial charge in [0.15, 0.2) is 0 Å². The van der Waals surface area contributed by atoms with Gasteiger partial charge in [-0.3, -0.25) is 4.79 Å². The van der Waals surface area contributed by atoms with E-state index in [9.17, 15) is 9.59 Å². The summed E-state index contributed by atoms with van der Waals surface area (Å²) in [4.78, 5) is 23.3. The van der Waals surface area contributed by atoms with E-state index in [0.29, 0.717) is 25.0 Å². The molecule has 0 saturated carbocycles. The summed E-state index contributed by atoms with van der Waals surface area (Å²) in [5.74, 6) is 0.898. The Balaban J connectivity index is 0.000000225. The van der Waals surface area contributed by atoms with Crippen molar-refractivity contribution in [2.75, 3.05) is 29.5 Å². The number of hydrogen-bond acceptors (Lipinski definition) is 6. The number of aryl methyl sites for hydroxylation is 1. The molecule has 1 saturated heterocycles. The van der Waals surface area contributed by atoms with Crippen LogP contribution in [0.4, 0.5) is 17.1 Å². The Kier molecular flexibility index (Phi) is 12.2. The molecule has 8 heteroatoms. The monoisotopic (exact) mass is 546 g/mol. The molecule has 40 heavy (non-hydrogen) atoms. The van der Waals surface area contributed by atoms with Crippen molar-refractivity contribution >= 4 is 29.4 Å². The number of amides is 1. The summed E-state index contributed by atoms with van der Waals surface area (Å²) in [6.07, 6.45) is 12.6. The molecular weight excluding hydrogens is 504 g/mol. The van der Waals surface area contributed by atoms with Gasteiger partial charge in [-0.15, -0.1) is 0 Å². The van der Waals surface area contributed by atoms with E-state index in [1.807, 2.05) is 42.5 Å². The quantitative estimate of drug-likeness (QED) is 0.182. The van der Waals surface area contributed by atoms with Crippen molar-refractivity contribution in [3.05, 3.63) is 89.5 Å². The second kappa shape index (κ2) is 16.0. The van der Waals surface area contributed by atoms with Crippen LogP contribution in [0.15, 0.2) is 83.9 Å². The Hall–Kier alpha value is -4.20. The first-order chi connectivity index (χ1) is 19.4. The van der Waals surface area contributed by atoms with Gasteiger partial charge in [0.25, 0.3) is 0 Å². The molecule has 1 atom stereocenters. The maximum atomic E-state index is 10.8. The number of carboxylic acids is 1. The Morgan fingerprint density at radius 2 is 1.93 bits per heavy atom. The van der Waals surface area contributed by atoms with Crippen LogP contribution in [0.1, 0.15) is 57.9 Å². The van der Waals surface area contributed by atoms with Crippen molar-refractivity contribution in [3.8, 4) is 0 Å². The van der Waals surface area contributed by atoms with E-state index < -0.39 is 5.97 Å². The predicted octanol–water partition coefficient (Wildman–Crippen LogP) is 6.31. The SMILES string of the molecule is CCCC=C(Nc1ccccc1)Nc1ccc(CC)cc1N.O=CN1CCCC1COC1=CC=C(C(=O)O)CC1. The molecule has 4 rings (SSSR count). The number of unbranched alkanes of at least 4 members (excludes halogenated alkanes) is 1. The number of anilines is 3. The molecule has 2 aromatic carbocycles. The summed E-state index contributed by atoms with van der Waals surface area (Å²) in [5, 5.41) is 15.6. The summed E-state index contributed by atoms with van der Waals surface area (Å²) in [5.41, 5.74) is 10.6. The van der Waals surface area contributed by atoms with Crippen molar-refractivity contribution in [1.82, 2.24) is 4.90 Å². The number of carbonyl (C=O) groups excluding carboxylic acids is 1. The van der Waals surface area contributed by atoms with Gasteiger partial charge in [0.2, 0.25) is 6.41 Å². The summed E-state index contributed by atoms with van der Waals surface area (Å²) < 4.78 is 5.65. The average Bonchev–Trinajstić information content (AvgIpc) is 3.44. The second-order valence-electron chi connectivity index (χ2n) is 9.88. The van der Waals surface area contributed by atoms with E-state index in [-0.39, 0.29) is 6.04 Å². The highest BCUT2D eigenvalue weighted by atomic mass is 16.5. The van der Waals surface area contributed by atoms with E-state index in [1.54, 1.807) is 17.1 Å². The smallest absolute Gasteiger partial charge is 0.331 e. The minimum Gasteiger partial charge on any atom is -0.496 e. The van der Waals surface area contributed by atoms with Crippen LogP contribution in [0.2, 0.25) is 0 Å². The molecule has 2 aromatic rings. The number of carbonyl (C=O) groups is 2. The Bertz CT molecular complexity index is 1210. The zero-order chi connectivity index (χ0) is 28.7. The average molecular weight is 547 g/mol. The zero-order valence-electron chi connectivity index (χ0n) is 23.6. The first kappa shape index (κ1) is 30.3. The van der Waals surface area contributed by atoms with Crippen molar-refractivity contribution in [2.24, 2.45) is 0 Å². The fourth-order valence-corrected chi connectivity index (χ4v) is 4.49. The number of para-hydroxylation sites is 1. The molecule has 1 unspecified atom stereocenters. The first-order valence-corrected chi connectivity index (χ1v) is 14.1. The van der Waals surface area contributed by atoms with Crippen LogP contribution in [0.5, 0.6) is 0 Å². The molecule has 0 aromatic heterocycles. The van der Waals surface area contributed by atoms with Gasteiger partial charge in [-0.25, -0.2) is 4.79 Å². The summed E-state index contributed by atoms with van der Waals surface area (Å²) >= 11 is 0. The minimum atomic E-state index is -0.867. The Morgan fingerprint density at radius 1 is 1.12 bits per heavy atom. The highest BCUT2D eigenvalue weighted by molar-refractivity contribution is 5.87. The molecule has 5 N–H and O–H groups in total. The first-order valence-electron chi connectivity index (χ1n) is 14.1. The Labute approximate surface area is 237 Å². The second-order valence-corrected chi connectivity index (χ2v) is 9.88. The third-order valence-corrected chi connectivity index (χ3v) is 6.89. The maximum Gasteiger partial charge on any atom is 0.331 e. The highest BCUT2D eigenvalue weighted by Crippen LogP contribution is 2.24. The van der Waals surface area contributed by atoms with Crippen molar-refractivity contribution < 1.29 is 19.4 Å². The third-order valence-electron chi connectivity index (χ3n) is 6.89. The fraction of sp³-hybridized carbons (Fsp3) is 0.375. The number of benzene rings is 2. The normalized spacial score (nSPS) is 16.7. The molecule has 1 aliphatic carbocycles. The van der Waals surface area contributed by atoms with Crippen LogP contribution in [0.25, 0.3) is 0 Å². The van der Waals surface area contributed by atoms with Gasteiger partial charge < -0.3 is 31.1 Å². The van der Waals surface area contributed by atoms with Gasteiger partial charge in [0, 0.05) is 24.2 Å². The largest absolute Gasteiger partial charge is 0.496 e. The van der Waals surface area contributed by atoms with Gasteiger partial charge >= 0.3 is 5.97 Å². The zero-order valence-corrected chi connectivity index (χ0v) is 23.6. The molecule has 1 heterocycles. The van der Waals surface area contributed by atoms with Crippen LogP contribution >= 0.6 is 0 Å². The van der Waals surface area contributed by atoms with Crippen LogP contribution < -0.4 is 16.4 Å². The number of nitrogen functional groups attached to an aromatic ring is 1. The lowest BCUT2D eigenvalue weighted by Crippen LogP contribution is -2.31. The molecule has 1 aliphatic heterocycles. The molecule has 1 amide bonds. The highest BCUT2D eigenvalue weighted by Gasteiger charge is 2.24. The number of nitrogens with zero attached hydrogens (tertiary/aromatic N) is 1. The summed E-state index contributed by atoms with van der Waals surface area (Å²) in [6, 6.07) is 16.5. The molecule has 2 aliphatic rings. The molecule has 0 radical (unpaired) electrons. The van der Waals surface area contributed by atoms with Crippen LogP contribution in [-0.4, -0.2) is 41.6 Å². The number of likely N-dealkylation sites (tertiary alicyclic amines) is 1. The number of nitrogens with two attached hydrogens (primary N) is 1. The van der Waals surface area contributed by atoms with Crippen molar-refractivity contribution in [2.45, 2.75) is 64.8 Å². The van der Waals surface area contributed by atoms with Gasteiger partial charge in [0.1, 0.15) is 12.4 Å². The van der Waals surface area contributed by atoms with E-state index in [1.165, 1.54) is 5.56 Å². The number of aliphatic carboxylic acids is 1. The number of nitrogens with one attached hydrogen (secondary N) is 2. The maximum absolute atomic E-state index is 10.8. The lowest BCUT2D eigenvalue weighted by molar-refractivity contribution is -0.132. The van der Waals surface area contributed by atoms with Gasteiger partial charge in [-0.1, -0.05) is 44.5 Å². The predicted molar refractivity (Wildman–Crippen MR) is 162 cm³/mol. The van der Waals surface area contributed by atoms with Crippen molar-refractivity contribution in [3.63, 3.8) is 0 Å². The number of carboxylic acid groups (broad SMARTS) is 1. The van der Waals surface area contributed by atoms with E-state index in [2.05, 4.69) is 36.6 Å².